The first kappa shape index (κ1) is 18.8. The molecule has 0 fully saturated rings. The van der Waals surface area contributed by atoms with E-state index >= 15 is 0 Å². The highest BCUT2D eigenvalue weighted by atomic mass is 15.3. The number of anilines is 1. The summed E-state index contributed by atoms with van der Waals surface area (Å²) in [5, 5.41) is 10.9. The van der Waals surface area contributed by atoms with Crippen molar-refractivity contribution in [2.45, 2.75) is 26.8 Å². The molecular weight excluding hydrogens is 312 g/mol. The van der Waals surface area contributed by atoms with Crippen LogP contribution in [0.2, 0.25) is 0 Å². The van der Waals surface area contributed by atoms with Crippen molar-refractivity contribution in [3.63, 3.8) is 0 Å². The van der Waals surface area contributed by atoms with E-state index in [0.29, 0.717) is 6.54 Å². The lowest BCUT2D eigenvalue weighted by molar-refractivity contribution is 0.695. The van der Waals surface area contributed by atoms with E-state index in [1.807, 2.05) is 17.8 Å². The van der Waals surface area contributed by atoms with Crippen LogP contribution in [0.1, 0.15) is 26.0 Å². The maximum absolute atomic E-state index is 4.63. The van der Waals surface area contributed by atoms with Crippen LogP contribution in [0.5, 0.6) is 0 Å². The summed E-state index contributed by atoms with van der Waals surface area (Å²) in [5.41, 5.74) is 2.38. The molecule has 0 atom stereocenters. The van der Waals surface area contributed by atoms with Gasteiger partial charge in [0.25, 0.3) is 0 Å². The Kier molecular flexibility index (Phi) is 7.82. The van der Waals surface area contributed by atoms with E-state index in [0.717, 1.165) is 44.3 Å². The molecule has 0 aliphatic heterocycles. The molecule has 136 valence electrons. The van der Waals surface area contributed by atoms with Gasteiger partial charge in [-0.25, -0.2) is 4.99 Å². The number of hydrogen-bond donors (Lipinski definition) is 2. The summed E-state index contributed by atoms with van der Waals surface area (Å²) in [5.74, 6) is 0.853. The van der Waals surface area contributed by atoms with Gasteiger partial charge in [0.05, 0.1) is 12.2 Å². The van der Waals surface area contributed by atoms with Crippen molar-refractivity contribution in [1.29, 1.82) is 0 Å². The summed E-state index contributed by atoms with van der Waals surface area (Å²) in [7, 11) is 1.94. The van der Waals surface area contributed by atoms with Crippen molar-refractivity contribution in [2.75, 3.05) is 31.1 Å². The van der Waals surface area contributed by atoms with Crippen LogP contribution < -0.4 is 15.5 Å². The van der Waals surface area contributed by atoms with Gasteiger partial charge < -0.3 is 15.5 Å². The van der Waals surface area contributed by atoms with Crippen LogP contribution in [0.15, 0.2) is 47.6 Å². The van der Waals surface area contributed by atoms with Gasteiger partial charge in [0.15, 0.2) is 5.96 Å². The first-order valence-corrected chi connectivity index (χ1v) is 9.03. The molecule has 0 saturated heterocycles. The van der Waals surface area contributed by atoms with E-state index in [1.54, 1.807) is 6.20 Å². The maximum Gasteiger partial charge on any atom is 0.191 e. The summed E-state index contributed by atoms with van der Waals surface area (Å²) in [6.07, 6.45) is 2.85. The van der Waals surface area contributed by atoms with Crippen LogP contribution in [0.4, 0.5) is 5.69 Å². The second-order valence-corrected chi connectivity index (χ2v) is 5.84. The van der Waals surface area contributed by atoms with Crippen molar-refractivity contribution in [2.24, 2.45) is 12.0 Å². The first-order valence-electron chi connectivity index (χ1n) is 9.03. The molecule has 0 amide bonds. The standard InChI is InChI=1S/C19H30N6/c1-4-20-19(22-16-18-12-14-23-24(18)3)21-13-9-15-25(5-2)17-10-7-6-8-11-17/h6-8,10-12,14H,4-5,9,13,15-16H2,1-3H3,(H2,20,21,22). The zero-order chi connectivity index (χ0) is 17.9. The summed E-state index contributed by atoms with van der Waals surface area (Å²) in [4.78, 5) is 7.02. The fourth-order valence-electron chi connectivity index (χ4n) is 2.64. The third kappa shape index (κ3) is 6.14. The van der Waals surface area contributed by atoms with Gasteiger partial charge in [-0.05, 0) is 38.5 Å². The average Bonchev–Trinajstić information content (AvgIpc) is 3.05. The Bertz CT molecular complexity index is 634. The largest absolute Gasteiger partial charge is 0.372 e. The molecule has 1 heterocycles. The minimum atomic E-state index is 0.622. The molecule has 6 nitrogen and oxygen atoms in total. The molecule has 2 rings (SSSR count). The SMILES string of the molecule is CCNC(=NCc1ccnn1C)NCCCN(CC)c1ccccc1. The first-order chi connectivity index (χ1) is 12.2. The van der Waals surface area contributed by atoms with E-state index in [-0.39, 0.29) is 0 Å². The van der Waals surface area contributed by atoms with Gasteiger partial charge in [-0.1, -0.05) is 18.2 Å². The lowest BCUT2D eigenvalue weighted by Crippen LogP contribution is -2.38. The van der Waals surface area contributed by atoms with Crippen LogP contribution in [-0.2, 0) is 13.6 Å². The van der Waals surface area contributed by atoms with E-state index in [4.69, 9.17) is 0 Å². The summed E-state index contributed by atoms with van der Waals surface area (Å²) < 4.78 is 1.85. The zero-order valence-electron chi connectivity index (χ0n) is 15.6. The van der Waals surface area contributed by atoms with E-state index in [2.05, 4.69) is 69.8 Å². The quantitative estimate of drug-likeness (QED) is 0.417. The number of aliphatic imine (C=N–C) groups is 1. The van der Waals surface area contributed by atoms with Crippen molar-refractivity contribution in [3.8, 4) is 0 Å². The Morgan fingerprint density at radius 3 is 2.60 bits per heavy atom. The minimum absolute atomic E-state index is 0.622. The number of aromatic nitrogens is 2. The predicted molar refractivity (Wildman–Crippen MR) is 105 cm³/mol. The number of guanidine groups is 1. The summed E-state index contributed by atoms with van der Waals surface area (Å²) >= 11 is 0. The molecule has 0 bridgehead atoms. The molecule has 0 radical (unpaired) electrons. The van der Waals surface area contributed by atoms with E-state index in [1.165, 1.54) is 5.69 Å². The Balaban J connectivity index is 1.79. The monoisotopic (exact) mass is 342 g/mol. The number of nitrogens with zero attached hydrogens (tertiary/aromatic N) is 4. The molecular formula is C19H30N6. The molecule has 6 heteroatoms. The Labute approximate surface area is 151 Å². The third-order valence-corrected chi connectivity index (χ3v) is 4.07. The van der Waals surface area contributed by atoms with Crippen LogP contribution in [-0.4, -0.2) is 41.9 Å². The molecule has 0 aliphatic carbocycles. The lowest BCUT2D eigenvalue weighted by Gasteiger charge is -2.23. The van der Waals surface area contributed by atoms with Gasteiger partial charge in [0.2, 0.25) is 0 Å². The Morgan fingerprint density at radius 2 is 1.96 bits per heavy atom. The number of hydrogen-bond acceptors (Lipinski definition) is 3. The molecule has 1 aromatic heterocycles. The van der Waals surface area contributed by atoms with Crippen LogP contribution in [0, 0.1) is 0 Å². The average molecular weight is 342 g/mol. The summed E-state index contributed by atoms with van der Waals surface area (Å²) in [6, 6.07) is 12.5. The number of nitrogens with one attached hydrogen (secondary N) is 2. The highest BCUT2D eigenvalue weighted by molar-refractivity contribution is 5.79. The topological polar surface area (TPSA) is 57.5 Å². The number of para-hydroxylation sites is 1. The molecule has 25 heavy (non-hydrogen) atoms. The van der Waals surface area contributed by atoms with Gasteiger partial charge in [-0.2, -0.15) is 5.10 Å². The zero-order valence-corrected chi connectivity index (χ0v) is 15.6. The van der Waals surface area contributed by atoms with Crippen molar-refractivity contribution >= 4 is 11.6 Å². The van der Waals surface area contributed by atoms with E-state index in [9.17, 15) is 0 Å². The van der Waals surface area contributed by atoms with Crippen molar-refractivity contribution in [1.82, 2.24) is 20.4 Å². The van der Waals surface area contributed by atoms with Gasteiger partial charge in [-0.15, -0.1) is 0 Å². The van der Waals surface area contributed by atoms with Crippen molar-refractivity contribution in [3.05, 3.63) is 48.3 Å². The molecule has 2 aromatic rings. The molecule has 0 saturated carbocycles. The fraction of sp³-hybridized carbons (Fsp3) is 0.474. The number of aryl methyl sites for hydroxylation is 1. The minimum Gasteiger partial charge on any atom is -0.372 e. The Morgan fingerprint density at radius 1 is 1.16 bits per heavy atom. The highest BCUT2D eigenvalue weighted by Crippen LogP contribution is 2.12. The number of rotatable bonds is 9. The Hall–Kier alpha value is -2.50. The molecule has 0 unspecified atom stereocenters. The highest BCUT2D eigenvalue weighted by Gasteiger charge is 2.04. The van der Waals surface area contributed by atoms with Gasteiger partial charge in [0.1, 0.15) is 0 Å². The second kappa shape index (κ2) is 10.4. The third-order valence-electron chi connectivity index (χ3n) is 4.07. The molecule has 1 aromatic carbocycles. The number of benzene rings is 1. The smallest absolute Gasteiger partial charge is 0.191 e. The van der Waals surface area contributed by atoms with Crippen LogP contribution in [0.25, 0.3) is 0 Å². The van der Waals surface area contributed by atoms with E-state index < -0.39 is 0 Å². The predicted octanol–water partition coefficient (Wildman–Crippen LogP) is 2.39. The van der Waals surface area contributed by atoms with Crippen molar-refractivity contribution < 1.29 is 0 Å². The van der Waals surface area contributed by atoms with Crippen LogP contribution >= 0.6 is 0 Å². The second-order valence-electron chi connectivity index (χ2n) is 5.84. The lowest BCUT2D eigenvalue weighted by atomic mass is 10.2. The van der Waals surface area contributed by atoms with Gasteiger partial charge >= 0.3 is 0 Å². The normalized spacial score (nSPS) is 11.4. The summed E-state index contributed by atoms with van der Waals surface area (Å²) in [6.45, 7) is 8.67. The van der Waals surface area contributed by atoms with Crippen LogP contribution in [0.3, 0.4) is 0 Å². The maximum atomic E-state index is 4.63. The molecule has 2 N–H and O–H groups in total. The fourth-order valence-corrected chi connectivity index (χ4v) is 2.64. The van der Waals surface area contributed by atoms with Gasteiger partial charge in [0, 0.05) is 45.1 Å². The molecule has 0 spiro atoms. The molecule has 0 aliphatic rings. The van der Waals surface area contributed by atoms with Gasteiger partial charge in [-0.3, -0.25) is 4.68 Å².